The van der Waals surface area contributed by atoms with Gasteiger partial charge in [-0.3, -0.25) is 14.8 Å². The fraction of sp³-hybridized carbons (Fsp3) is 0.0455. The molecule has 1 amide bonds. The Morgan fingerprint density at radius 2 is 1.89 bits per heavy atom. The number of carbonyl (C=O) groups excluding carboxylic acids is 1. The largest absolute Gasteiger partial charge is 0.322 e. The van der Waals surface area contributed by atoms with Gasteiger partial charge >= 0.3 is 0 Å². The van der Waals surface area contributed by atoms with E-state index in [0.29, 0.717) is 16.3 Å². The molecule has 27 heavy (non-hydrogen) atoms. The van der Waals surface area contributed by atoms with Gasteiger partial charge in [0.15, 0.2) is 0 Å². The topological polar surface area (TPSA) is 54.9 Å². The van der Waals surface area contributed by atoms with Crippen molar-refractivity contribution in [1.29, 1.82) is 0 Å². The van der Waals surface area contributed by atoms with Crippen molar-refractivity contribution in [3.63, 3.8) is 0 Å². The molecule has 2 aromatic carbocycles. The quantitative estimate of drug-likeness (QED) is 0.515. The molecule has 2 heterocycles. The Balaban J connectivity index is 1.74. The molecule has 0 radical (unpaired) electrons. The van der Waals surface area contributed by atoms with Crippen LogP contribution in [0, 0.1) is 6.92 Å². The fourth-order valence-corrected chi connectivity index (χ4v) is 3.25. The van der Waals surface area contributed by atoms with Crippen molar-refractivity contribution in [2.45, 2.75) is 6.92 Å². The molecule has 0 aliphatic heterocycles. The van der Waals surface area contributed by atoms with Gasteiger partial charge in [-0.25, -0.2) is 0 Å². The monoisotopic (exact) mass is 373 g/mol. The molecular weight excluding hydrogens is 358 g/mol. The van der Waals surface area contributed by atoms with E-state index in [2.05, 4.69) is 15.3 Å². The Labute approximate surface area is 161 Å². The Morgan fingerprint density at radius 1 is 1.04 bits per heavy atom. The number of benzene rings is 2. The second kappa shape index (κ2) is 7.17. The van der Waals surface area contributed by atoms with E-state index < -0.39 is 0 Å². The molecule has 4 aromatic rings. The molecule has 0 bridgehead atoms. The minimum atomic E-state index is -0.186. The maximum absolute atomic E-state index is 12.6. The first-order chi connectivity index (χ1) is 13.1. The van der Waals surface area contributed by atoms with Crippen molar-refractivity contribution in [3.8, 4) is 11.3 Å². The summed E-state index contributed by atoms with van der Waals surface area (Å²) in [5, 5.41) is 5.61. The van der Waals surface area contributed by atoms with Crippen LogP contribution >= 0.6 is 11.6 Å². The molecule has 0 saturated heterocycles. The molecule has 0 fully saturated rings. The van der Waals surface area contributed by atoms with Gasteiger partial charge in [0.2, 0.25) is 0 Å². The number of hydrogen-bond donors (Lipinski definition) is 1. The molecule has 4 nitrogen and oxygen atoms in total. The number of anilines is 1. The van der Waals surface area contributed by atoms with E-state index in [1.807, 2.05) is 43.3 Å². The molecule has 0 aliphatic carbocycles. The molecule has 0 saturated carbocycles. The number of aromatic nitrogens is 2. The first-order valence-electron chi connectivity index (χ1n) is 8.49. The van der Waals surface area contributed by atoms with Gasteiger partial charge in [-0.2, -0.15) is 0 Å². The molecule has 0 spiro atoms. The normalized spacial score (nSPS) is 10.7. The number of fused-ring (bicyclic) bond motifs is 1. The van der Waals surface area contributed by atoms with Crippen LogP contribution in [0.15, 0.2) is 73.2 Å². The number of pyridine rings is 2. The summed E-state index contributed by atoms with van der Waals surface area (Å²) in [6.07, 6.45) is 5.04. The summed E-state index contributed by atoms with van der Waals surface area (Å²) in [6, 6.07) is 17.1. The van der Waals surface area contributed by atoms with E-state index in [1.165, 1.54) is 0 Å². The Hall–Kier alpha value is -3.24. The smallest absolute Gasteiger partial charge is 0.256 e. The van der Waals surface area contributed by atoms with Crippen LogP contribution in [-0.4, -0.2) is 15.9 Å². The first-order valence-corrected chi connectivity index (χ1v) is 8.87. The second-order valence-corrected chi connectivity index (χ2v) is 6.63. The molecule has 4 rings (SSSR count). The summed E-state index contributed by atoms with van der Waals surface area (Å²) < 4.78 is 0. The minimum absolute atomic E-state index is 0.186. The van der Waals surface area contributed by atoms with Gasteiger partial charge in [0.1, 0.15) is 0 Å². The van der Waals surface area contributed by atoms with Crippen LogP contribution < -0.4 is 5.32 Å². The molecule has 5 heteroatoms. The van der Waals surface area contributed by atoms with Crippen LogP contribution in [0.1, 0.15) is 15.9 Å². The Bertz CT molecular complexity index is 1150. The molecule has 1 N–H and O–H groups in total. The van der Waals surface area contributed by atoms with Gasteiger partial charge in [-0.15, -0.1) is 0 Å². The lowest BCUT2D eigenvalue weighted by Crippen LogP contribution is -2.13. The summed E-state index contributed by atoms with van der Waals surface area (Å²) in [5.74, 6) is -0.186. The van der Waals surface area contributed by atoms with Crippen LogP contribution in [0.4, 0.5) is 5.69 Å². The predicted molar refractivity (Wildman–Crippen MR) is 109 cm³/mol. The third-order valence-corrected chi connectivity index (χ3v) is 4.75. The van der Waals surface area contributed by atoms with Gasteiger partial charge in [0.25, 0.3) is 5.91 Å². The zero-order chi connectivity index (χ0) is 18.8. The Morgan fingerprint density at radius 3 is 2.74 bits per heavy atom. The van der Waals surface area contributed by atoms with E-state index in [-0.39, 0.29) is 5.91 Å². The SMILES string of the molecule is Cc1cnccc1C(=O)Nc1ccc(Cl)c(-c2nccc3ccccc23)c1. The predicted octanol–water partition coefficient (Wildman–Crippen LogP) is 5.51. The van der Waals surface area contributed by atoms with E-state index in [9.17, 15) is 4.79 Å². The molecule has 0 atom stereocenters. The highest BCUT2D eigenvalue weighted by atomic mass is 35.5. The summed E-state index contributed by atoms with van der Waals surface area (Å²) in [6.45, 7) is 1.86. The van der Waals surface area contributed by atoms with Crippen LogP contribution in [-0.2, 0) is 0 Å². The first kappa shape index (κ1) is 17.2. The fourth-order valence-electron chi connectivity index (χ4n) is 3.05. The average Bonchev–Trinajstić information content (AvgIpc) is 2.69. The lowest BCUT2D eigenvalue weighted by atomic mass is 10.0. The maximum atomic E-state index is 12.6. The van der Waals surface area contributed by atoms with Gasteiger partial charge in [-0.05, 0) is 48.2 Å². The van der Waals surface area contributed by atoms with Gasteiger partial charge in [-0.1, -0.05) is 35.9 Å². The van der Waals surface area contributed by atoms with Crippen molar-refractivity contribution >= 4 is 34.0 Å². The summed E-state index contributed by atoms with van der Waals surface area (Å²) >= 11 is 6.45. The maximum Gasteiger partial charge on any atom is 0.256 e. The number of amides is 1. The van der Waals surface area contributed by atoms with E-state index in [1.54, 1.807) is 36.8 Å². The third kappa shape index (κ3) is 3.39. The van der Waals surface area contributed by atoms with Crippen molar-refractivity contribution in [1.82, 2.24) is 9.97 Å². The lowest BCUT2D eigenvalue weighted by Gasteiger charge is -2.11. The van der Waals surface area contributed by atoms with Crippen molar-refractivity contribution in [2.75, 3.05) is 5.32 Å². The highest BCUT2D eigenvalue weighted by molar-refractivity contribution is 6.33. The van der Waals surface area contributed by atoms with E-state index in [4.69, 9.17) is 11.6 Å². The standard InChI is InChI=1S/C22H16ClN3O/c1-14-13-24-10-9-17(14)22(27)26-16-6-7-20(23)19(12-16)21-18-5-3-2-4-15(18)8-11-25-21/h2-13H,1H3,(H,26,27). The molecule has 2 aromatic heterocycles. The zero-order valence-electron chi connectivity index (χ0n) is 14.6. The third-order valence-electron chi connectivity index (χ3n) is 4.42. The molecular formula is C22H16ClN3O. The van der Waals surface area contributed by atoms with Gasteiger partial charge < -0.3 is 5.32 Å². The number of nitrogens with one attached hydrogen (secondary N) is 1. The number of halogens is 1. The summed E-state index contributed by atoms with van der Waals surface area (Å²) in [4.78, 5) is 21.1. The number of nitrogens with zero attached hydrogens (tertiary/aromatic N) is 2. The zero-order valence-corrected chi connectivity index (χ0v) is 15.4. The number of aryl methyl sites for hydroxylation is 1. The van der Waals surface area contributed by atoms with Gasteiger partial charge in [0, 0.05) is 40.8 Å². The van der Waals surface area contributed by atoms with Crippen LogP contribution in [0.5, 0.6) is 0 Å². The van der Waals surface area contributed by atoms with Crippen LogP contribution in [0.2, 0.25) is 5.02 Å². The number of rotatable bonds is 3. The van der Waals surface area contributed by atoms with Crippen molar-refractivity contribution in [3.05, 3.63) is 89.3 Å². The summed E-state index contributed by atoms with van der Waals surface area (Å²) in [7, 11) is 0. The minimum Gasteiger partial charge on any atom is -0.322 e. The van der Waals surface area contributed by atoms with Crippen LogP contribution in [0.25, 0.3) is 22.0 Å². The second-order valence-electron chi connectivity index (χ2n) is 6.22. The van der Waals surface area contributed by atoms with Crippen molar-refractivity contribution in [2.24, 2.45) is 0 Å². The number of hydrogen-bond acceptors (Lipinski definition) is 3. The van der Waals surface area contributed by atoms with Crippen molar-refractivity contribution < 1.29 is 4.79 Å². The number of carbonyl (C=O) groups is 1. The lowest BCUT2D eigenvalue weighted by molar-refractivity contribution is 0.102. The molecule has 132 valence electrons. The van der Waals surface area contributed by atoms with E-state index in [0.717, 1.165) is 27.6 Å². The highest BCUT2D eigenvalue weighted by Crippen LogP contribution is 2.33. The highest BCUT2D eigenvalue weighted by Gasteiger charge is 2.13. The van der Waals surface area contributed by atoms with Gasteiger partial charge in [0.05, 0.1) is 10.7 Å². The Kier molecular flexibility index (Phi) is 4.57. The summed E-state index contributed by atoms with van der Waals surface area (Å²) in [5.41, 5.74) is 3.63. The molecule has 0 unspecified atom stereocenters. The average molecular weight is 374 g/mol. The molecule has 0 aliphatic rings. The van der Waals surface area contributed by atoms with Crippen LogP contribution in [0.3, 0.4) is 0 Å². The van der Waals surface area contributed by atoms with E-state index >= 15 is 0 Å².